The number of aldehydes is 1. The summed E-state index contributed by atoms with van der Waals surface area (Å²) in [6.45, 7) is 0. The van der Waals surface area contributed by atoms with Gasteiger partial charge in [0.05, 0.1) is 0 Å². The summed E-state index contributed by atoms with van der Waals surface area (Å²) in [6, 6.07) is 7.25. The fraction of sp³-hybridized carbons (Fsp3) is 0. The Morgan fingerprint density at radius 3 is 3.08 bits per heavy atom. The molecule has 2 heterocycles. The zero-order valence-electron chi connectivity index (χ0n) is 7.27. The molecule has 0 saturated heterocycles. The van der Waals surface area contributed by atoms with Crippen molar-refractivity contribution in [1.29, 1.82) is 0 Å². The third kappa shape index (κ3) is 1.05. The molecule has 0 aliphatic heterocycles. The highest BCUT2D eigenvalue weighted by atomic mass is 16.1. The molecule has 0 aliphatic rings. The normalized spacial score (nSPS) is 10.0. The van der Waals surface area contributed by atoms with Crippen molar-refractivity contribution in [2.75, 3.05) is 0 Å². The van der Waals surface area contributed by atoms with Crippen molar-refractivity contribution in [3.63, 3.8) is 0 Å². The van der Waals surface area contributed by atoms with E-state index in [1.54, 1.807) is 12.3 Å². The Morgan fingerprint density at radius 2 is 2.25 bits per heavy atom. The van der Waals surface area contributed by atoms with Gasteiger partial charge in [0.25, 0.3) is 0 Å². The Balaban J connectivity index is 0.000000845. The number of aromatic nitrogens is 2. The average Bonchev–Trinajstić information content (AvgIpc) is 2.17. The standard InChI is InChI=1S/C9H6N2O/c12-6-8-4-3-7-2-1-5-10-9(7)11-8/h1-6H/p+1. The van der Waals surface area contributed by atoms with Crippen molar-refractivity contribution in [2.45, 2.75) is 0 Å². The van der Waals surface area contributed by atoms with Gasteiger partial charge in [-0.15, -0.1) is 0 Å². The van der Waals surface area contributed by atoms with E-state index in [-0.39, 0.29) is 1.43 Å². The quantitative estimate of drug-likeness (QED) is 0.593. The molecular weight excluding hydrogens is 152 g/mol. The maximum Gasteiger partial charge on any atom is 1.00 e. The van der Waals surface area contributed by atoms with Crippen LogP contribution in [0, 0.1) is 0 Å². The Labute approximate surface area is 70.6 Å². The van der Waals surface area contributed by atoms with Crippen molar-refractivity contribution >= 4 is 17.3 Å². The lowest BCUT2D eigenvalue weighted by molar-refractivity contribution is 0.111. The van der Waals surface area contributed by atoms with E-state index in [2.05, 4.69) is 9.97 Å². The molecule has 2 aromatic rings. The highest BCUT2D eigenvalue weighted by Gasteiger charge is 1.95. The molecule has 0 saturated carbocycles. The Hall–Kier alpha value is -1.77. The third-order valence-corrected chi connectivity index (χ3v) is 1.61. The summed E-state index contributed by atoms with van der Waals surface area (Å²) < 4.78 is 0. The fourth-order valence-corrected chi connectivity index (χ4v) is 1.03. The smallest absolute Gasteiger partial charge is 0.296 e. The summed E-state index contributed by atoms with van der Waals surface area (Å²) in [5.74, 6) is 0. The monoisotopic (exact) mass is 159 g/mol. The molecule has 0 amide bonds. The van der Waals surface area contributed by atoms with E-state index in [4.69, 9.17) is 0 Å². The molecule has 0 N–H and O–H groups in total. The highest BCUT2D eigenvalue weighted by molar-refractivity contribution is 5.80. The number of pyridine rings is 2. The van der Waals surface area contributed by atoms with Gasteiger partial charge in [0.15, 0.2) is 11.9 Å². The van der Waals surface area contributed by atoms with Gasteiger partial charge in [-0.25, -0.2) is 9.97 Å². The first kappa shape index (κ1) is 6.91. The minimum absolute atomic E-state index is 0. The average molecular weight is 159 g/mol. The molecule has 3 heteroatoms. The van der Waals surface area contributed by atoms with Gasteiger partial charge in [-0.05, 0) is 24.3 Å². The molecule has 12 heavy (non-hydrogen) atoms. The Bertz CT molecular complexity index is 431. The van der Waals surface area contributed by atoms with E-state index in [1.807, 2.05) is 18.2 Å². The topological polar surface area (TPSA) is 42.9 Å². The van der Waals surface area contributed by atoms with Crippen LogP contribution in [-0.2, 0) is 0 Å². The minimum Gasteiger partial charge on any atom is -0.296 e. The lowest BCUT2D eigenvalue weighted by Crippen LogP contribution is -1.88. The van der Waals surface area contributed by atoms with Crippen LogP contribution in [0.1, 0.15) is 11.9 Å². The predicted octanol–water partition coefficient (Wildman–Crippen LogP) is 1.55. The van der Waals surface area contributed by atoms with Crippen molar-refractivity contribution in [3.8, 4) is 0 Å². The van der Waals surface area contributed by atoms with Crippen LogP contribution in [0.5, 0.6) is 0 Å². The highest BCUT2D eigenvalue weighted by Crippen LogP contribution is 2.07. The van der Waals surface area contributed by atoms with Gasteiger partial charge in [-0.1, -0.05) is 0 Å². The van der Waals surface area contributed by atoms with Gasteiger partial charge < -0.3 is 0 Å². The van der Waals surface area contributed by atoms with Crippen molar-refractivity contribution in [1.82, 2.24) is 9.97 Å². The zero-order chi connectivity index (χ0) is 8.39. The number of hydrogen-bond acceptors (Lipinski definition) is 3. The Kier molecular flexibility index (Phi) is 1.55. The van der Waals surface area contributed by atoms with E-state index >= 15 is 0 Å². The maximum absolute atomic E-state index is 10.4. The van der Waals surface area contributed by atoms with Crippen LogP contribution < -0.4 is 0 Å². The molecule has 2 aromatic heterocycles. The van der Waals surface area contributed by atoms with Gasteiger partial charge in [-0.2, -0.15) is 0 Å². The molecule has 0 fully saturated rings. The molecule has 0 atom stereocenters. The lowest BCUT2D eigenvalue weighted by Gasteiger charge is -1.94. The first-order chi connectivity index (χ1) is 5.90. The molecule has 0 aliphatic carbocycles. The van der Waals surface area contributed by atoms with E-state index in [1.165, 1.54) is 0 Å². The molecule has 0 spiro atoms. The van der Waals surface area contributed by atoms with Gasteiger partial charge in [-0.3, -0.25) is 4.79 Å². The number of carbonyl (C=O) groups excluding carboxylic acids is 1. The van der Waals surface area contributed by atoms with E-state index in [9.17, 15) is 4.79 Å². The first-order valence-corrected chi connectivity index (χ1v) is 3.57. The van der Waals surface area contributed by atoms with Crippen LogP contribution in [0.15, 0.2) is 30.5 Å². The van der Waals surface area contributed by atoms with Crippen LogP contribution in [0.2, 0.25) is 0 Å². The first-order valence-electron chi connectivity index (χ1n) is 3.57. The zero-order valence-corrected chi connectivity index (χ0v) is 6.27. The van der Waals surface area contributed by atoms with Gasteiger partial charge in [0, 0.05) is 11.6 Å². The predicted molar refractivity (Wildman–Crippen MR) is 46.0 cm³/mol. The molecule has 2 rings (SSSR count). The number of rotatable bonds is 1. The molecule has 58 valence electrons. The second-order valence-corrected chi connectivity index (χ2v) is 2.40. The molecule has 0 unspecified atom stereocenters. The van der Waals surface area contributed by atoms with E-state index in [0.717, 1.165) is 5.39 Å². The number of fused-ring (bicyclic) bond motifs is 1. The number of carbonyl (C=O) groups is 1. The van der Waals surface area contributed by atoms with Gasteiger partial charge in [0.1, 0.15) is 5.69 Å². The summed E-state index contributed by atoms with van der Waals surface area (Å²) in [6.07, 6.45) is 2.37. The van der Waals surface area contributed by atoms with Gasteiger partial charge in [0.2, 0.25) is 0 Å². The molecule has 0 radical (unpaired) electrons. The van der Waals surface area contributed by atoms with Crippen molar-refractivity contribution < 1.29 is 6.22 Å². The van der Waals surface area contributed by atoms with Crippen LogP contribution in [0.25, 0.3) is 11.0 Å². The van der Waals surface area contributed by atoms with E-state index < -0.39 is 0 Å². The van der Waals surface area contributed by atoms with Crippen LogP contribution in [-0.4, -0.2) is 16.3 Å². The third-order valence-electron chi connectivity index (χ3n) is 1.61. The van der Waals surface area contributed by atoms with Crippen molar-refractivity contribution in [3.05, 3.63) is 36.2 Å². The molecule has 0 aromatic carbocycles. The summed E-state index contributed by atoms with van der Waals surface area (Å²) in [4.78, 5) is 18.4. The number of nitrogens with zero attached hydrogens (tertiary/aromatic N) is 2. The van der Waals surface area contributed by atoms with Crippen LogP contribution in [0.3, 0.4) is 0 Å². The number of hydrogen-bond donors (Lipinski definition) is 0. The van der Waals surface area contributed by atoms with E-state index in [0.29, 0.717) is 17.6 Å². The molecule has 3 nitrogen and oxygen atoms in total. The summed E-state index contributed by atoms with van der Waals surface area (Å²) in [5, 5.41) is 0.947. The van der Waals surface area contributed by atoms with Crippen LogP contribution in [0.4, 0.5) is 0 Å². The van der Waals surface area contributed by atoms with Crippen molar-refractivity contribution in [2.24, 2.45) is 0 Å². The maximum atomic E-state index is 10.4. The SMILES string of the molecule is O=Cc1ccc2cccnc2n1.[H+]. The van der Waals surface area contributed by atoms with Crippen LogP contribution >= 0.6 is 0 Å². The second-order valence-electron chi connectivity index (χ2n) is 2.40. The summed E-state index contributed by atoms with van der Waals surface area (Å²) in [7, 11) is 0. The fourth-order valence-electron chi connectivity index (χ4n) is 1.03. The lowest BCUT2D eigenvalue weighted by atomic mass is 10.2. The minimum atomic E-state index is 0. The largest absolute Gasteiger partial charge is 1.00 e. The summed E-state index contributed by atoms with van der Waals surface area (Å²) >= 11 is 0. The Morgan fingerprint density at radius 1 is 1.33 bits per heavy atom. The molecular formula is C9H7N2O+. The second kappa shape index (κ2) is 2.70. The molecule has 0 bridgehead atoms. The van der Waals surface area contributed by atoms with Gasteiger partial charge >= 0.3 is 1.43 Å². The summed E-state index contributed by atoms with van der Waals surface area (Å²) in [5.41, 5.74) is 1.03.